The number of fused-ring (bicyclic) bond motifs is 1. The molecule has 0 bridgehead atoms. The monoisotopic (exact) mass is 357 g/mol. The SMILES string of the molecule is CCc1cc(-c2c[nH]c3cc(F)ccc23)ccc1SNCCC(N)=O. The van der Waals surface area contributed by atoms with Crippen LogP contribution in [0.5, 0.6) is 0 Å². The van der Waals surface area contributed by atoms with Crippen LogP contribution in [-0.2, 0) is 11.2 Å². The molecule has 1 amide bonds. The number of aromatic amines is 1. The van der Waals surface area contributed by atoms with Crippen molar-refractivity contribution in [1.29, 1.82) is 0 Å². The van der Waals surface area contributed by atoms with Crippen LogP contribution in [0.2, 0.25) is 0 Å². The zero-order chi connectivity index (χ0) is 17.8. The summed E-state index contributed by atoms with van der Waals surface area (Å²) in [7, 11) is 0. The minimum Gasteiger partial charge on any atom is -0.370 e. The Morgan fingerprint density at radius 3 is 2.88 bits per heavy atom. The van der Waals surface area contributed by atoms with Gasteiger partial charge in [0.1, 0.15) is 5.82 Å². The van der Waals surface area contributed by atoms with E-state index in [0.717, 1.165) is 33.3 Å². The number of hydrogen-bond acceptors (Lipinski definition) is 3. The van der Waals surface area contributed by atoms with Gasteiger partial charge < -0.3 is 10.7 Å². The molecule has 0 aliphatic rings. The van der Waals surface area contributed by atoms with E-state index in [-0.39, 0.29) is 11.7 Å². The molecule has 0 radical (unpaired) electrons. The van der Waals surface area contributed by atoms with Crippen LogP contribution in [0.3, 0.4) is 0 Å². The van der Waals surface area contributed by atoms with Crippen molar-refractivity contribution in [3.63, 3.8) is 0 Å². The molecule has 0 saturated heterocycles. The van der Waals surface area contributed by atoms with Gasteiger partial charge >= 0.3 is 0 Å². The molecule has 0 aliphatic heterocycles. The molecular weight excluding hydrogens is 337 g/mol. The molecule has 4 nitrogen and oxygen atoms in total. The fourth-order valence-corrected chi connectivity index (χ4v) is 3.59. The van der Waals surface area contributed by atoms with Gasteiger partial charge in [0, 0.05) is 40.5 Å². The van der Waals surface area contributed by atoms with Gasteiger partial charge in [-0.25, -0.2) is 4.39 Å². The van der Waals surface area contributed by atoms with E-state index in [9.17, 15) is 9.18 Å². The molecule has 0 aliphatic carbocycles. The smallest absolute Gasteiger partial charge is 0.218 e. The number of hydrogen-bond donors (Lipinski definition) is 3. The highest BCUT2D eigenvalue weighted by molar-refractivity contribution is 7.97. The van der Waals surface area contributed by atoms with Gasteiger partial charge in [-0.2, -0.15) is 0 Å². The zero-order valence-corrected chi connectivity index (χ0v) is 14.8. The van der Waals surface area contributed by atoms with Gasteiger partial charge in [0.2, 0.25) is 5.91 Å². The molecule has 0 fully saturated rings. The normalized spacial score (nSPS) is 11.1. The third-order valence-corrected chi connectivity index (χ3v) is 5.02. The highest BCUT2D eigenvalue weighted by Gasteiger charge is 2.10. The molecule has 4 N–H and O–H groups in total. The van der Waals surface area contributed by atoms with E-state index in [2.05, 4.69) is 34.8 Å². The van der Waals surface area contributed by atoms with Crippen LogP contribution in [0.15, 0.2) is 47.5 Å². The van der Waals surface area contributed by atoms with Gasteiger partial charge in [0.05, 0.1) is 0 Å². The molecule has 0 spiro atoms. The predicted molar refractivity (Wildman–Crippen MR) is 101 cm³/mol. The van der Waals surface area contributed by atoms with Crippen molar-refractivity contribution < 1.29 is 9.18 Å². The first-order chi connectivity index (χ1) is 12.1. The van der Waals surface area contributed by atoms with Crippen molar-refractivity contribution in [3.8, 4) is 11.1 Å². The van der Waals surface area contributed by atoms with Gasteiger partial charge in [-0.3, -0.25) is 9.52 Å². The van der Waals surface area contributed by atoms with E-state index < -0.39 is 0 Å². The lowest BCUT2D eigenvalue weighted by atomic mass is 10.0. The van der Waals surface area contributed by atoms with E-state index in [1.165, 1.54) is 29.6 Å². The second-order valence-electron chi connectivity index (χ2n) is 5.78. The maximum atomic E-state index is 13.4. The zero-order valence-electron chi connectivity index (χ0n) is 13.9. The molecule has 6 heteroatoms. The number of H-pyrrole nitrogens is 1. The van der Waals surface area contributed by atoms with E-state index in [1.807, 2.05) is 6.20 Å². The summed E-state index contributed by atoms with van der Waals surface area (Å²) < 4.78 is 16.5. The topological polar surface area (TPSA) is 70.9 Å². The van der Waals surface area contributed by atoms with Crippen LogP contribution in [0.1, 0.15) is 18.9 Å². The summed E-state index contributed by atoms with van der Waals surface area (Å²) >= 11 is 1.51. The highest BCUT2D eigenvalue weighted by Crippen LogP contribution is 2.32. The number of nitrogens with two attached hydrogens (primary N) is 1. The van der Waals surface area contributed by atoms with Crippen LogP contribution < -0.4 is 10.5 Å². The fraction of sp³-hybridized carbons (Fsp3) is 0.211. The van der Waals surface area contributed by atoms with Gasteiger partial charge in [-0.1, -0.05) is 13.0 Å². The lowest BCUT2D eigenvalue weighted by Gasteiger charge is -2.10. The van der Waals surface area contributed by atoms with Crippen LogP contribution in [0.4, 0.5) is 4.39 Å². The molecular formula is C19H20FN3OS. The Balaban J connectivity index is 1.84. The Labute approximate surface area is 150 Å². The first kappa shape index (κ1) is 17.5. The van der Waals surface area contributed by atoms with Crippen LogP contribution in [-0.4, -0.2) is 17.4 Å². The lowest BCUT2D eigenvalue weighted by molar-refractivity contribution is -0.117. The van der Waals surface area contributed by atoms with Crippen molar-refractivity contribution in [2.75, 3.05) is 6.54 Å². The number of amides is 1. The number of halogens is 1. The second-order valence-corrected chi connectivity index (χ2v) is 6.71. The number of aryl methyl sites for hydroxylation is 1. The van der Waals surface area contributed by atoms with E-state index in [0.29, 0.717) is 13.0 Å². The van der Waals surface area contributed by atoms with E-state index in [4.69, 9.17) is 5.73 Å². The number of carbonyl (C=O) groups excluding carboxylic acids is 1. The van der Waals surface area contributed by atoms with Crippen molar-refractivity contribution >= 4 is 28.8 Å². The highest BCUT2D eigenvalue weighted by atomic mass is 32.2. The molecule has 2 aromatic carbocycles. The number of nitrogens with one attached hydrogen (secondary N) is 2. The van der Waals surface area contributed by atoms with Crippen LogP contribution in [0, 0.1) is 5.82 Å². The number of aromatic nitrogens is 1. The predicted octanol–water partition coefficient (Wildman–Crippen LogP) is 4.01. The minimum atomic E-state index is -0.310. The minimum absolute atomic E-state index is 0.246. The summed E-state index contributed by atoms with van der Waals surface area (Å²) in [5, 5.41) is 1.00. The largest absolute Gasteiger partial charge is 0.370 e. The maximum absolute atomic E-state index is 13.4. The standard InChI is InChI=1S/C19H20FN3OS/c1-2-12-9-13(3-6-18(12)25-23-8-7-19(21)24)16-11-22-17-10-14(20)4-5-15(16)17/h3-6,9-11,22-23H,2,7-8H2,1H3,(H2,21,24). The lowest BCUT2D eigenvalue weighted by Crippen LogP contribution is -2.17. The third kappa shape index (κ3) is 4.03. The van der Waals surface area contributed by atoms with Crippen LogP contribution in [0.25, 0.3) is 22.0 Å². The Morgan fingerprint density at radius 2 is 2.12 bits per heavy atom. The first-order valence-corrected chi connectivity index (χ1v) is 8.98. The summed E-state index contributed by atoms with van der Waals surface area (Å²) in [6, 6.07) is 11.1. The van der Waals surface area contributed by atoms with Gasteiger partial charge in [-0.05, 0) is 59.8 Å². The molecule has 0 atom stereocenters. The molecule has 130 valence electrons. The Bertz CT molecular complexity index is 907. The molecule has 1 aromatic heterocycles. The van der Waals surface area contributed by atoms with Crippen molar-refractivity contribution in [3.05, 3.63) is 54.0 Å². The first-order valence-electron chi connectivity index (χ1n) is 8.16. The van der Waals surface area contributed by atoms with E-state index in [1.54, 1.807) is 6.07 Å². The Morgan fingerprint density at radius 1 is 1.28 bits per heavy atom. The number of carbonyl (C=O) groups is 1. The average Bonchev–Trinajstić information content (AvgIpc) is 3.01. The molecule has 3 aromatic rings. The second kappa shape index (κ2) is 7.72. The fourth-order valence-electron chi connectivity index (χ4n) is 2.76. The number of primary amides is 1. The number of benzene rings is 2. The Hall–Kier alpha value is -2.31. The van der Waals surface area contributed by atoms with Crippen LogP contribution >= 0.6 is 11.9 Å². The molecule has 0 saturated carbocycles. The Kier molecular flexibility index (Phi) is 5.40. The van der Waals surface area contributed by atoms with Gasteiger partial charge in [-0.15, -0.1) is 0 Å². The summed E-state index contributed by atoms with van der Waals surface area (Å²) in [6.45, 7) is 2.65. The average molecular weight is 357 g/mol. The summed E-state index contributed by atoms with van der Waals surface area (Å²) in [5.74, 6) is -0.557. The molecule has 0 unspecified atom stereocenters. The summed E-state index contributed by atoms with van der Waals surface area (Å²) in [5.41, 5.74) is 9.30. The van der Waals surface area contributed by atoms with Gasteiger partial charge in [0.15, 0.2) is 0 Å². The van der Waals surface area contributed by atoms with Crippen molar-refractivity contribution in [2.45, 2.75) is 24.7 Å². The van der Waals surface area contributed by atoms with Crippen molar-refractivity contribution in [2.24, 2.45) is 5.73 Å². The quantitative estimate of drug-likeness (QED) is 0.442. The molecule has 25 heavy (non-hydrogen) atoms. The van der Waals surface area contributed by atoms with E-state index >= 15 is 0 Å². The maximum Gasteiger partial charge on any atom is 0.218 e. The van der Waals surface area contributed by atoms with Crippen molar-refractivity contribution in [1.82, 2.24) is 9.71 Å². The molecule has 1 heterocycles. The molecule has 3 rings (SSSR count). The third-order valence-electron chi connectivity index (χ3n) is 4.05. The summed E-state index contributed by atoms with van der Waals surface area (Å²) in [4.78, 5) is 15.0. The summed E-state index contributed by atoms with van der Waals surface area (Å²) in [6.07, 6.45) is 3.12. The number of rotatable bonds is 7. The van der Waals surface area contributed by atoms with Gasteiger partial charge in [0.25, 0.3) is 0 Å².